The molecule has 3 aliphatic heterocycles. The summed E-state index contributed by atoms with van der Waals surface area (Å²) in [6.07, 6.45) is -0.725. The lowest BCUT2D eigenvalue weighted by Crippen LogP contribution is -2.55. The third-order valence-electron chi connectivity index (χ3n) is 2.60. The van der Waals surface area contributed by atoms with Gasteiger partial charge in [-0.15, -0.1) is 0 Å². The van der Waals surface area contributed by atoms with Crippen LogP contribution in [-0.4, -0.2) is 60.8 Å². The van der Waals surface area contributed by atoms with E-state index in [-0.39, 0.29) is 0 Å². The number of hydrogen-bond donors (Lipinski definition) is 1. The van der Waals surface area contributed by atoms with Crippen LogP contribution < -0.4 is 5.73 Å². The topological polar surface area (TPSA) is 58.8 Å². The zero-order chi connectivity index (χ0) is 12.2. The van der Waals surface area contributed by atoms with Gasteiger partial charge < -0.3 is 10.5 Å². The first kappa shape index (κ1) is 13.3. The van der Waals surface area contributed by atoms with Gasteiger partial charge in [0.1, 0.15) is 5.60 Å². The number of carbonyl (C=O) groups is 1. The van der Waals surface area contributed by atoms with Crippen molar-refractivity contribution in [1.82, 2.24) is 9.80 Å². The van der Waals surface area contributed by atoms with Crippen molar-refractivity contribution in [3.8, 4) is 0 Å². The Bertz CT molecular complexity index is 207. The zero-order valence-corrected chi connectivity index (χ0v) is 10.5. The Labute approximate surface area is 97.5 Å². The van der Waals surface area contributed by atoms with Gasteiger partial charge in [-0.3, -0.25) is 9.80 Å². The highest BCUT2D eigenvalue weighted by atomic mass is 16.6. The highest BCUT2D eigenvalue weighted by Crippen LogP contribution is 2.07. The van der Waals surface area contributed by atoms with Crippen molar-refractivity contribution >= 4 is 6.09 Å². The molecule has 16 heavy (non-hydrogen) atoms. The van der Waals surface area contributed by atoms with E-state index in [2.05, 4.69) is 14.5 Å². The van der Waals surface area contributed by atoms with Gasteiger partial charge in [0.2, 0.25) is 0 Å². The van der Waals surface area contributed by atoms with E-state index in [9.17, 15) is 4.79 Å². The first-order chi connectivity index (χ1) is 7.37. The van der Waals surface area contributed by atoms with Gasteiger partial charge in [-0.05, 0) is 20.8 Å². The molecule has 3 heterocycles. The highest BCUT2D eigenvalue weighted by molar-refractivity contribution is 5.65. The van der Waals surface area contributed by atoms with Gasteiger partial charge in [0.25, 0.3) is 0 Å². The van der Waals surface area contributed by atoms with Gasteiger partial charge in [-0.1, -0.05) is 0 Å². The lowest BCUT2D eigenvalue weighted by molar-refractivity contribution is 0.0600. The number of primary amides is 1. The van der Waals surface area contributed by atoms with Crippen molar-refractivity contribution < 1.29 is 9.53 Å². The maximum Gasteiger partial charge on any atom is 0.405 e. The minimum atomic E-state index is -0.725. The van der Waals surface area contributed by atoms with E-state index in [0.717, 1.165) is 0 Å². The summed E-state index contributed by atoms with van der Waals surface area (Å²) in [6.45, 7) is 13.2. The van der Waals surface area contributed by atoms with Crippen molar-refractivity contribution in [3.63, 3.8) is 0 Å². The van der Waals surface area contributed by atoms with Crippen LogP contribution in [0.15, 0.2) is 0 Å². The minimum Gasteiger partial charge on any atom is -0.444 e. The molecule has 5 heteroatoms. The van der Waals surface area contributed by atoms with E-state index in [4.69, 9.17) is 5.73 Å². The van der Waals surface area contributed by atoms with Crippen molar-refractivity contribution in [2.75, 3.05) is 39.3 Å². The molecule has 0 spiro atoms. The standard InChI is InChI=1S/C6H12N2.C5H11NO2/c1-2-8-5-3-7(1)4-6-8;1-5(2,3)8-4(6)7/h1-6H2;1-3H3,(H2,6,7). The maximum atomic E-state index is 10.0. The Kier molecular flexibility index (Phi) is 4.56. The van der Waals surface area contributed by atoms with Crippen molar-refractivity contribution in [1.29, 1.82) is 0 Å². The number of amides is 1. The number of rotatable bonds is 0. The Morgan fingerprint density at radius 3 is 1.38 bits per heavy atom. The summed E-state index contributed by atoms with van der Waals surface area (Å²) in [5.41, 5.74) is 4.26. The fourth-order valence-electron chi connectivity index (χ4n) is 1.82. The Morgan fingerprint density at radius 2 is 1.31 bits per heavy atom. The third kappa shape index (κ3) is 5.32. The lowest BCUT2D eigenvalue weighted by atomic mass is 10.2. The molecular weight excluding hydrogens is 206 g/mol. The molecule has 94 valence electrons. The molecule has 0 aromatic heterocycles. The maximum absolute atomic E-state index is 10.0. The molecule has 0 aromatic rings. The van der Waals surface area contributed by atoms with Gasteiger partial charge in [-0.2, -0.15) is 0 Å². The van der Waals surface area contributed by atoms with Crippen molar-refractivity contribution in [2.45, 2.75) is 26.4 Å². The van der Waals surface area contributed by atoms with Crippen LogP contribution in [0.25, 0.3) is 0 Å². The molecule has 0 aliphatic carbocycles. The molecule has 2 N–H and O–H groups in total. The molecule has 0 atom stereocenters. The second-order valence-corrected chi connectivity index (χ2v) is 5.22. The van der Waals surface area contributed by atoms with Crippen LogP contribution in [-0.2, 0) is 4.74 Å². The quantitative estimate of drug-likeness (QED) is 0.657. The monoisotopic (exact) mass is 229 g/mol. The predicted molar refractivity (Wildman–Crippen MR) is 63.3 cm³/mol. The fourth-order valence-corrected chi connectivity index (χ4v) is 1.82. The van der Waals surface area contributed by atoms with E-state index < -0.39 is 11.7 Å². The van der Waals surface area contributed by atoms with Crippen LogP contribution >= 0.6 is 0 Å². The van der Waals surface area contributed by atoms with Crippen molar-refractivity contribution in [2.24, 2.45) is 5.73 Å². The van der Waals surface area contributed by atoms with E-state index in [1.54, 1.807) is 20.8 Å². The van der Waals surface area contributed by atoms with Gasteiger partial charge in [0.15, 0.2) is 0 Å². The summed E-state index contributed by atoms with van der Waals surface area (Å²) in [4.78, 5) is 15.1. The summed E-state index contributed by atoms with van der Waals surface area (Å²) in [5.74, 6) is 0. The van der Waals surface area contributed by atoms with Crippen LogP contribution in [0, 0.1) is 0 Å². The molecule has 0 unspecified atom stereocenters. The van der Waals surface area contributed by atoms with E-state index in [1.165, 1.54) is 39.3 Å². The molecule has 0 radical (unpaired) electrons. The Balaban J connectivity index is 0.000000160. The predicted octanol–water partition coefficient (Wildman–Crippen LogP) is 0.498. The summed E-state index contributed by atoms with van der Waals surface area (Å²) < 4.78 is 4.58. The second kappa shape index (κ2) is 5.50. The van der Waals surface area contributed by atoms with Gasteiger partial charge in [0, 0.05) is 39.3 Å². The van der Waals surface area contributed by atoms with Crippen LogP contribution in [0.5, 0.6) is 0 Å². The molecule has 1 amide bonds. The van der Waals surface area contributed by atoms with Crippen LogP contribution in [0.2, 0.25) is 0 Å². The lowest BCUT2D eigenvalue weighted by Gasteiger charge is -2.41. The summed E-state index contributed by atoms with van der Waals surface area (Å²) >= 11 is 0. The number of fused-ring (bicyclic) bond motifs is 3. The van der Waals surface area contributed by atoms with E-state index in [1.807, 2.05) is 0 Å². The number of nitrogens with zero attached hydrogens (tertiary/aromatic N) is 2. The average Bonchev–Trinajstić information content (AvgIpc) is 2.17. The molecular formula is C11H23N3O2. The van der Waals surface area contributed by atoms with Crippen LogP contribution in [0.4, 0.5) is 4.79 Å². The normalized spacial score (nSPS) is 27.9. The van der Waals surface area contributed by atoms with Gasteiger partial charge >= 0.3 is 6.09 Å². The van der Waals surface area contributed by atoms with Crippen molar-refractivity contribution in [3.05, 3.63) is 0 Å². The molecule has 3 aliphatic rings. The second-order valence-electron chi connectivity index (χ2n) is 5.22. The summed E-state index contributed by atoms with van der Waals surface area (Å²) in [6, 6.07) is 0. The largest absolute Gasteiger partial charge is 0.444 e. The average molecular weight is 229 g/mol. The Hall–Kier alpha value is -0.810. The smallest absolute Gasteiger partial charge is 0.405 e. The van der Waals surface area contributed by atoms with Gasteiger partial charge in [0.05, 0.1) is 0 Å². The number of ether oxygens (including phenoxy) is 1. The number of carbonyl (C=O) groups excluding carboxylic acids is 1. The van der Waals surface area contributed by atoms with Crippen LogP contribution in [0.3, 0.4) is 0 Å². The highest BCUT2D eigenvalue weighted by Gasteiger charge is 2.21. The molecule has 5 nitrogen and oxygen atoms in total. The number of nitrogens with two attached hydrogens (primary N) is 1. The summed E-state index contributed by atoms with van der Waals surface area (Å²) in [7, 11) is 0. The molecule has 3 fully saturated rings. The third-order valence-corrected chi connectivity index (χ3v) is 2.60. The molecule has 3 saturated heterocycles. The Morgan fingerprint density at radius 1 is 1.00 bits per heavy atom. The van der Waals surface area contributed by atoms with E-state index in [0.29, 0.717) is 0 Å². The molecule has 0 saturated carbocycles. The van der Waals surface area contributed by atoms with E-state index >= 15 is 0 Å². The van der Waals surface area contributed by atoms with Gasteiger partial charge in [-0.25, -0.2) is 4.79 Å². The zero-order valence-electron chi connectivity index (χ0n) is 10.5. The van der Waals surface area contributed by atoms with Crippen LogP contribution in [0.1, 0.15) is 20.8 Å². The number of piperazine rings is 3. The molecule has 0 aromatic carbocycles. The summed E-state index contributed by atoms with van der Waals surface area (Å²) in [5, 5.41) is 0. The first-order valence-corrected chi connectivity index (χ1v) is 5.80. The number of hydrogen-bond acceptors (Lipinski definition) is 4. The minimum absolute atomic E-state index is 0.453. The fraction of sp³-hybridized carbons (Fsp3) is 0.909. The molecule has 3 rings (SSSR count). The SMILES string of the molecule is C1CN2CCN1CC2.CC(C)(C)OC(N)=O. The first-order valence-electron chi connectivity index (χ1n) is 5.80. The molecule has 2 bridgehead atoms.